The molecular formula is C20H18N2O4. The molecule has 1 heterocycles. The van der Waals surface area contributed by atoms with E-state index in [-0.39, 0.29) is 6.61 Å². The van der Waals surface area contributed by atoms with Crippen LogP contribution in [0.4, 0.5) is 5.69 Å². The first kappa shape index (κ1) is 17.4. The molecule has 0 saturated carbocycles. The molecule has 0 unspecified atom stereocenters. The van der Waals surface area contributed by atoms with Crippen LogP contribution in [0, 0.1) is 13.8 Å². The fraction of sp³-hybridized carbons (Fsp3) is 0.150. The summed E-state index contributed by atoms with van der Waals surface area (Å²) in [5.74, 6) is -0.758. The summed E-state index contributed by atoms with van der Waals surface area (Å²) in [6, 6.07) is 13.0. The van der Waals surface area contributed by atoms with Gasteiger partial charge in [0.2, 0.25) is 5.89 Å². The Morgan fingerprint density at radius 1 is 1.19 bits per heavy atom. The van der Waals surface area contributed by atoms with Crippen LogP contribution in [0.15, 0.2) is 53.0 Å². The first-order chi connectivity index (χ1) is 12.5. The Kier molecular flexibility index (Phi) is 5.12. The Labute approximate surface area is 150 Å². The highest BCUT2D eigenvalue weighted by Crippen LogP contribution is 2.16. The number of ether oxygens (including phenoxy) is 1. The van der Waals surface area contributed by atoms with Crippen molar-refractivity contribution in [1.82, 2.24) is 4.98 Å². The summed E-state index contributed by atoms with van der Waals surface area (Å²) in [5, 5.41) is 2.71. The van der Waals surface area contributed by atoms with Gasteiger partial charge in [0.15, 0.2) is 12.2 Å². The van der Waals surface area contributed by atoms with Crippen molar-refractivity contribution < 1.29 is 18.7 Å². The van der Waals surface area contributed by atoms with Gasteiger partial charge in [0.25, 0.3) is 5.91 Å². The maximum absolute atomic E-state index is 11.9. The van der Waals surface area contributed by atoms with Gasteiger partial charge in [-0.15, -0.1) is 0 Å². The monoisotopic (exact) mass is 350 g/mol. The van der Waals surface area contributed by atoms with E-state index in [1.807, 2.05) is 50.2 Å². The molecule has 1 N–H and O–H groups in total. The van der Waals surface area contributed by atoms with E-state index < -0.39 is 11.9 Å². The molecule has 0 aliphatic heterocycles. The van der Waals surface area contributed by atoms with Crippen molar-refractivity contribution in [3.05, 3.63) is 65.6 Å². The molecule has 1 amide bonds. The molecule has 0 spiro atoms. The van der Waals surface area contributed by atoms with Gasteiger partial charge in [-0.1, -0.05) is 29.8 Å². The lowest BCUT2D eigenvalue weighted by Crippen LogP contribution is -2.20. The maximum atomic E-state index is 11.9. The number of fused-ring (bicyclic) bond motifs is 1. The third-order valence-electron chi connectivity index (χ3n) is 3.67. The van der Waals surface area contributed by atoms with Crippen LogP contribution in [0.2, 0.25) is 0 Å². The Hall–Kier alpha value is -3.41. The van der Waals surface area contributed by atoms with Gasteiger partial charge < -0.3 is 14.5 Å². The number of esters is 1. The zero-order chi connectivity index (χ0) is 18.5. The molecule has 2 aromatic carbocycles. The topological polar surface area (TPSA) is 81.4 Å². The summed E-state index contributed by atoms with van der Waals surface area (Å²) in [4.78, 5) is 27.9. The molecule has 0 aliphatic rings. The van der Waals surface area contributed by atoms with Crippen LogP contribution < -0.4 is 5.32 Å². The van der Waals surface area contributed by atoms with E-state index in [9.17, 15) is 9.59 Å². The fourth-order valence-electron chi connectivity index (χ4n) is 2.43. The van der Waals surface area contributed by atoms with Gasteiger partial charge in [-0.25, -0.2) is 9.78 Å². The van der Waals surface area contributed by atoms with Crippen LogP contribution in [0.1, 0.15) is 17.0 Å². The van der Waals surface area contributed by atoms with E-state index >= 15 is 0 Å². The molecule has 132 valence electrons. The van der Waals surface area contributed by atoms with Crippen LogP contribution in [0.5, 0.6) is 0 Å². The van der Waals surface area contributed by atoms with Crippen LogP contribution in [-0.4, -0.2) is 23.5 Å². The first-order valence-electron chi connectivity index (χ1n) is 8.09. The SMILES string of the molecule is Cc1ccc(NC(=O)COC(=O)/C=C/c2nc3ccccc3o2)c(C)c1. The molecule has 6 heteroatoms. The molecule has 6 nitrogen and oxygen atoms in total. The van der Waals surface area contributed by atoms with E-state index in [4.69, 9.17) is 9.15 Å². The predicted octanol–water partition coefficient (Wildman–Crippen LogP) is 3.64. The maximum Gasteiger partial charge on any atom is 0.331 e. The fourth-order valence-corrected chi connectivity index (χ4v) is 2.43. The molecular weight excluding hydrogens is 332 g/mol. The number of anilines is 1. The highest BCUT2D eigenvalue weighted by Gasteiger charge is 2.08. The molecule has 0 atom stereocenters. The number of hydrogen-bond acceptors (Lipinski definition) is 5. The quantitative estimate of drug-likeness (QED) is 0.561. The van der Waals surface area contributed by atoms with Crippen LogP contribution >= 0.6 is 0 Å². The van der Waals surface area contributed by atoms with Gasteiger partial charge in [-0.2, -0.15) is 0 Å². The molecule has 26 heavy (non-hydrogen) atoms. The summed E-state index contributed by atoms with van der Waals surface area (Å²) in [7, 11) is 0. The summed E-state index contributed by atoms with van der Waals surface area (Å²) in [5.41, 5.74) is 4.08. The van der Waals surface area contributed by atoms with Crippen molar-refractivity contribution in [2.45, 2.75) is 13.8 Å². The lowest BCUT2D eigenvalue weighted by molar-refractivity contribution is -0.142. The minimum absolute atomic E-state index is 0.294. The molecule has 0 bridgehead atoms. The second-order valence-corrected chi connectivity index (χ2v) is 5.83. The van der Waals surface area contributed by atoms with Crippen molar-refractivity contribution >= 4 is 34.7 Å². The Morgan fingerprint density at radius 3 is 2.77 bits per heavy atom. The van der Waals surface area contributed by atoms with Crippen LogP contribution in [0.3, 0.4) is 0 Å². The molecule has 0 fully saturated rings. The standard InChI is InChI=1S/C20H18N2O4/c1-13-7-8-15(14(2)11-13)21-18(23)12-25-20(24)10-9-19-22-16-5-3-4-6-17(16)26-19/h3-11H,12H2,1-2H3,(H,21,23)/b10-9+. The van der Waals surface area contributed by atoms with E-state index in [1.54, 1.807) is 6.07 Å². The Morgan fingerprint density at radius 2 is 2.00 bits per heavy atom. The highest BCUT2D eigenvalue weighted by atomic mass is 16.5. The minimum atomic E-state index is -0.650. The largest absolute Gasteiger partial charge is 0.452 e. The second kappa shape index (κ2) is 7.65. The Bertz CT molecular complexity index is 955. The van der Waals surface area contributed by atoms with Gasteiger partial charge in [0, 0.05) is 17.8 Å². The number of carbonyl (C=O) groups is 2. The van der Waals surface area contributed by atoms with Crippen molar-refractivity contribution in [2.75, 3.05) is 11.9 Å². The van der Waals surface area contributed by atoms with E-state index in [0.717, 1.165) is 11.1 Å². The van der Waals surface area contributed by atoms with Gasteiger partial charge in [-0.05, 0) is 37.6 Å². The predicted molar refractivity (Wildman–Crippen MR) is 98.5 cm³/mol. The van der Waals surface area contributed by atoms with E-state index in [1.165, 1.54) is 12.2 Å². The van der Waals surface area contributed by atoms with Crippen molar-refractivity contribution in [3.63, 3.8) is 0 Å². The smallest absolute Gasteiger partial charge is 0.331 e. The summed E-state index contributed by atoms with van der Waals surface area (Å²) < 4.78 is 10.4. The molecule has 3 aromatic rings. The summed E-state index contributed by atoms with van der Waals surface area (Å²) in [6.45, 7) is 3.51. The number of oxazole rings is 1. The second-order valence-electron chi connectivity index (χ2n) is 5.83. The third-order valence-corrected chi connectivity index (χ3v) is 3.67. The van der Waals surface area contributed by atoms with Crippen molar-refractivity contribution in [3.8, 4) is 0 Å². The number of hydrogen-bond donors (Lipinski definition) is 1. The highest BCUT2D eigenvalue weighted by molar-refractivity contribution is 5.95. The lowest BCUT2D eigenvalue weighted by atomic mass is 10.1. The zero-order valence-corrected chi connectivity index (χ0v) is 14.5. The van der Waals surface area contributed by atoms with Gasteiger partial charge in [-0.3, -0.25) is 4.79 Å². The average Bonchev–Trinajstić information content (AvgIpc) is 3.03. The van der Waals surface area contributed by atoms with Gasteiger partial charge in [0.1, 0.15) is 5.52 Å². The van der Waals surface area contributed by atoms with Crippen LogP contribution in [0.25, 0.3) is 17.2 Å². The Balaban J connectivity index is 1.52. The number of benzene rings is 2. The van der Waals surface area contributed by atoms with Crippen molar-refractivity contribution in [2.24, 2.45) is 0 Å². The third kappa shape index (κ3) is 4.36. The van der Waals surface area contributed by atoms with E-state index in [0.29, 0.717) is 22.7 Å². The van der Waals surface area contributed by atoms with Gasteiger partial charge in [0.05, 0.1) is 0 Å². The average molecular weight is 350 g/mol. The zero-order valence-electron chi connectivity index (χ0n) is 14.5. The number of rotatable bonds is 5. The molecule has 1 aromatic heterocycles. The number of carbonyl (C=O) groups excluding carboxylic acids is 2. The van der Waals surface area contributed by atoms with Gasteiger partial charge >= 0.3 is 5.97 Å². The number of aryl methyl sites for hydroxylation is 2. The number of aromatic nitrogens is 1. The van der Waals surface area contributed by atoms with Crippen molar-refractivity contribution in [1.29, 1.82) is 0 Å². The lowest BCUT2D eigenvalue weighted by Gasteiger charge is -2.09. The molecule has 3 rings (SSSR count). The molecule has 0 radical (unpaired) electrons. The van der Waals surface area contributed by atoms with E-state index in [2.05, 4.69) is 10.3 Å². The minimum Gasteiger partial charge on any atom is -0.452 e. The summed E-state index contributed by atoms with van der Waals surface area (Å²) in [6.07, 6.45) is 2.58. The van der Waals surface area contributed by atoms with Crippen LogP contribution in [-0.2, 0) is 14.3 Å². The molecule has 0 aliphatic carbocycles. The molecule has 0 saturated heterocycles. The normalized spacial score (nSPS) is 11.0. The number of nitrogens with zero attached hydrogens (tertiary/aromatic N) is 1. The summed E-state index contributed by atoms with van der Waals surface area (Å²) >= 11 is 0. The number of amides is 1. The number of nitrogens with one attached hydrogen (secondary N) is 1. The first-order valence-corrected chi connectivity index (χ1v) is 8.09. The number of para-hydroxylation sites is 2.